The molecule has 98 valence electrons. The van der Waals surface area contributed by atoms with Crippen LogP contribution in [-0.4, -0.2) is 29.6 Å². The normalized spacial score (nSPS) is 24.1. The summed E-state index contributed by atoms with van der Waals surface area (Å²) in [4.78, 5) is 2.07. The first-order valence-corrected chi connectivity index (χ1v) is 6.38. The van der Waals surface area contributed by atoms with E-state index >= 15 is 0 Å². The highest BCUT2D eigenvalue weighted by molar-refractivity contribution is 6.31. The molecule has 1 unspecified atom stereocenters. The van der Waals surface area contributed by atoms with E-state index in [0.717, 1.165) is 25.1 Å². The highest BCUT2D eigenvalue weighted by Gasteiger charge is 2.29. The number of halogens is 1. The Morgan fingerprint density at radius 1 is 1.56 bits per heavy atom. The second-order valence-electron chi connectivity index (χ2n) is 5.10. The summed E-state index contributed by atoms with van der Waals surface area (Å²) < 4.78 is 0. The summed E-state index contributed by atoms with van der Waals surface area (Å²) in [5.74, 6) is -0.00211. The Bertz CT molecular complexity index is 473. The molecule has 1 fully saturated rings. The molecule has 0 amide bonds. The number of benzene rings is 1. The van der Waals surface area contributed by atoms with E-state index in [2.05, 4.69) is 4.90 Å². The van der Waals surface area contributed by atoms with Gasteiger partial charge in [-0.25, -0.2) is 0 Å². The van der Waals surface area contributed by atoms with Crippen LogP contribution in [0.4, 0.5) is 5.69 Å². The fraction of sp³-hybridized carbons (Fsp3) is 0.462. The number of anilines is 1. The smallest absolute Gasteiger partial charge is 0.124 e. The molecule has 1 aromatic carbocycles. The molecule has 5 heteroatoms. The zero-order valence-corrected chi connectivity index (χ0v) is 11.2. The average molecular weight is 268 g/mol. The third-order valence-electron chi connectivity index (χ3n) is 3.26. The number of aliphatic hydroxyl groups is 1. The van der Waals surface area contributed by atoms with E-state index in [1.807, 2.05) is 13.0 Å². The molecule has 1 aliphatic rings. The van der Waals surface area contributed by atoms with Crippen LogP contribution in [0, 0.1) is 5.41 Å². The van der Waals surface area contributed by atoms with E-state index in [1.165, 1.54) is 0 Å². The topological polar surface area (TPSA) is 73.3 Å². The van der Waals surface area contributed by atoms with Gasteiger partial charge in [-0.1, -0.05) is 11.6 Å². The van der Waals surface area contributed by atoms with Crippen molar-refractivity contribution in [1.82, 2.24) is 0 Å². The monoisotopic (exact) mass is 267 g/mol. The van der Waals surface area contributed by atoms with Gasteiger partial charge in [0.2, 0.25) is 0 Å². The van der Waals surface area contributed by atoms with Crippen LogP contribution in [0.1, 0.15) is 25.3 Å². The minimum atomic E-state index is -0.689. The first-order chi connectivity index (χ1) is 8.39. The molecule has 1 saturated heterocycles. The molecule has 0 saturated carbocycles. The Balaban J connectivity index is 2.35. The van der Waals surface area contributed by atoms with Crippen LogP contribution >= 0.6 is 11.6 Å². The van der Waals surface area contributed by atoms with Crippen molar-refractivity contribution in [3.05, 3.63) is 28.8 Å². The van der Waals surface area contributed by atoms with Gasteiger partial charge in [-0.05, 0) is 38.0 Å². The van der Waals surface area contributed by atoms with Crippen molar-refractivity contribution in [2.45, 2.75) is 25.4 Å². The van der Waals surface area contributed by atoms with Crippen LogP contribution in [0.15, 0.2) is 18.2 Å². The van der Waals surface area contributed by atoms with Crippen molar-refractivity contribution in [2.24, 2.45) is 5.73 Å². The van der Waals surface area contributed by atoms with E-state index < -0.39 is 5.60 Å². The van der Waals surface area contributed by atoms with Gasteiger partial charge in [-0.15, -0.1) is 0 Å². The van der Waals surface area contributed by atoms with E-state index in [4.69, 9.17) is 22.7 Å². The van der Waals surface area contributed by atoms with E-state index in [-0.39, 0.29) is 5.84 Å². The van der Waals surface area contributed by atoms with Crippen LogP contribution in [0.25, 0.3) is 0 Å². The Hall–Kier alpha value is -1.26. The first kappa shape index (κ1) is 13.2. The number of nitrogen functional groups attached to an aromatic ring is 1. The fourth-order valence-electron chi connectivity index (χ4n) is 2.43. The third-order valence-corrected chi connectivity index (χ3v) is 3.50. The standard InChI is InChI=1S/C13H18ClN3O/c1-13(18)5-2-6-17(8-13)11-4-3-9(14)7-10(11)12(15)16/h3-4,7,18H,2,5-6,8H2,1H3,(H3,15,16). The van der Waals surface area contributed by atoms with Gasteiger partial charge < -0.3 is 15.7 Å². The maximum Gasteiger partial charge on any atom is 0.124 e. The second-order valence-corrected chi connectivity index (χ2v) is 5.53. The molecule has 4 N–H and O–H groups in total. The van der Waals surface area contributed by atoms with Crippen LogP contribution in [0.5, 0.6) is 0 Å². The maximum absolute atomic E-state index is 10.1. The van der Waals surface area contributed by atoms with Crippen molar-refractivity contribution < 1.29 is 5.11 Å². The minimum Gasteiger partial charge on any atom is -0.388 e. The van der Waals surface area contributed by atoms with Crippen LogP contribution in [0.3, 0.4) is 0 Å². The molecular weight excluding hydrogens is 250 g/mol. The number of nitrogens with one attached hydrogen (secondary N) is 1. The lowest BCUT2D eigenvalue weighted by Crippen LogP contribution is -2.46. The lowest BCUT2D eigenvalue weighted by Gasteiger charge is -2.39. The molecule has 0 spiro atoms. The van der Waals surface area contributed by atoms with Crippen molar-refractivity contribution in [3.63, 3.8) is 0 Å². The van der Waals surface area contributed by atoms with Crippen LogP contribution in [-0.2, 0) is 0 Å². The van der Waals surface area contributed by atoms with Gasteiger partial charge in [0.05, 0.1) is 5.60 Å². The third kappa shape index (κ3) is 2.76. The molecular formula is C13H18ClN3O. The summed E-state index contributed by atoms with van der Waals surface area (Å²) in [6.45, 7) is 3.25. The van der Waals surface area contributed by atoms with Gasteiger partial charge in [0.25, 0.3) is 0 Å². The van der Waals surface area contributed by atoms with Crippen LogP contribution in [0.2, 0.25) is 5.02 Å². The average Bonchev–Trinajstić information content (AvgIpc) is 2.27. The quantitative estimate of drug-likeness (QED) is 0.567. The van der Waals surface area contributed by atoms with E-state index in [0.29, 0.717) is 17.1 Å². The molecule has 4 nitrogen and oxygen atoms in total. The number of β-amino-alcohol motifs (C(OH)–C–C–N with tert-alkyl or cyclic N) is 1. The molecule has 1 aliphatic heterocycles. The van der Waals surface area contributed by atoms with Gasteiger partial charge in [-0.2, -0.15) is 0 Å². The SMILES string of the molecule is CC1(O)CCCN(c2ccc(Cl)cc2C(=N)N)C1. The van der Waals surface area contributed by atoms with Gasteiger partial charge >= 0.3 is 0 Å². The molecule has 1 aromatic rings. The van der Waals surface area contributed by atoms with Crippen molar-refractivity contribution in [2.75, 3.05) is 18.0 Å². The number of piperidine rings is 1. The van der Waals surface area contributed by atoms with E-state index in [1.54, 1.807) is 12.1 Å². The zero-order valence-electron chi connectivity index (χ0n) is 10.4. The summed E-state index contributed by atoms with van der Waals surface area (Å²) in [7, 11) is 0. The first-order valence-electron chi connectivity index (χ1n) is 6.00. The molecule has 1 atom stereocenters. The summed E-state index contributed by atoms with van der Waals surface area (Å²) in [6, 6.07) is 5.34. The van der Waals surface area contributed by atoms with Crippen molar-refractivity contribution >= 4 is 23.1 Å². The fourth-order valence-corrected chi connectivity index (χ4v) is 2.60. The Kier molecular flexibility index (Phi) is 3.50. The predicted octanol–water partition coefficient (Wildman–Crippen LogP) is 1.98. The number of hydrogen-bond acceptors (Lipinski definition) is 3. The second kappa shape index (κ2) is 4.78. The molecule has 18 heavy (non-hydrogen) atoms. The Morgan fingerprint density at radius 2 is 2.28 bits per heavy atom. The summed E-state index contributed by atoms with van der Waals surface area (Å²) >= 11 is 5.94. The number of nitrogens with two attached hydrogens (primary N) is 1. The van der Waals surface area contributed by atoms with Crippen molar-refractivity contribution in [1.29, 1.82) is 5.41 Å². The van der Waals surface area contributed by atoms with E-state index in [9.17, 15) is 5.11 Å². The lowest BCUT2D eigenvalue weighted by molar-refractivity contribution is 0.0449. The summed E-state index contributed by atoms with van der Waals surface area (Å²) in [6.07, 6.45) is 1.72. The van der Waals surface area contributed by atoms with Gasteiger partial charge in [-0.3, -0.25) is 5.41 Å². The number of hydrogen-bond donors (Lipinski definition) is 3. The van der Waals surface area contributed by atoms with Gasteiger partial charge in [0.1, 0.15) is 5.84 Å². The largest absolute Gasteiger partial charge is 0.388 e. The van der Waals surface area contributed by atoms with Crippen LogP contribution < -0.4 is 10.6 Å². The number of nitrogens with zero attached hydrogens (tertiary/aromatic N) is 1. The molecule has 0 aliphatic carbocycles. The molecule has 2 rings (SSSR count). The molecule has 1 heterocycles. The van der Waals surface area contributed by atoms with Crippen molar-refractivity contribution in [3.8, 4) is 0 Å². The van der Waals surface area contributed by atoms with Gasteiger partial charge in [0, 0.05) is 29.4 Å². The highest BCUT2D eigenvalue weighted by atomic mass is 35.5. The predicted molar refractivity (Wildman–Crippen MR) is 74.5 cm³/mol. The maximum atomic E-state index is 10.1. The molecule has 0 aromatic heterocycles. The molecule has 0 radical (unpaired) electrons. The number of amidine groups is 1. The molecule has 0 bridgehead atoms. The highest BCUT2D eigenvalue weighted by Crippen LogP contribution is 2.29. The van der Waals surface area contributed by atoms with Gasteiger partial charge in [0.15, 0.2) is 0 Å². The summed E-state index contributed by atoms with van der Waals surface area (Å²) in [5, 5.41) is 18.3. The minimum absolute atomic E-state index is 0.00211. The lowest BCUT2D eigenvalue weighted by atomic mass is 9.94. The number of rotatable bonds is 2. The Morgan fingerprint density at radius 3 is 2.89 bits per heavy atom. The zero-order chi connectivity index (χ0) is 13.3. The summed E-state index contributed by atoms with van der Waals surface area (Å²) in [5.41, 5.74) is 6.40. The Labute approximate surface area is 112 Å².